The number of amides is 1. The van der Waals surface area contributed by atoms with E-state index < -0.39 is 5.54 Å². The SMILES string of the molecule is Cc1nc(SCC(=O)NC(C)(C#N)C2CC2)nc(C)c1C. The van der Waals surface area contributed by atoms with Crippen LogP contribution in [0.5, 0.6) is 0 Å². The molecule has 0 bridgehead atoms. The summed E-state index contributed by atoms with van der Waals surface area (Å²) in [6, 6.07) is 2.22. The fourth-order valence-electron chi connectivity index (χ4n) is 2.14. The van der Waals surface area contributed by atoms with Crippen LogP contribution in [0, 0.1) is 38.0 Å². The van der Waals surface area contributed by atoms with Crippen molar-refractivity contribution in [2.24, 2.45) is 5.92 Å². The van der Waals surface area contributed by atoms with Crippen molar-refractivity contribution in [1.29, 1.82) is 5.26 Å². The Morgan fingerprint density at radius 3 is 2.43 bits per heavy atom. The fraction of sp³-hybridized carbons (Fsp3) is 0.600. The molecule has 112 valence electrons. The van der Waals surface area contributed by atoms with E-state index in [1.807, 2.05) is 20.8 Å². The third-order valence-corrected chi connectivity index (χ3v) is 4.82. The summed E-state index contributed by atoms with van der Waals surface area (Å²) in [5.41, 5.74) is 2.21. The standard InChI is InChI=1S/C15H20N4OS/c1-9-10(2)17-14(18-11(9)3)21-7-13(20)19-15(4,8-16)12-5-6-12/h12H,5-7H2,1-4H3,(H,19,20). The Balaban J connectivity index is 1.94. The van der Waals surface area contributed by atoms with Gasteiger partial charge in [-0.25, -0.2) is 9.97 Å². The van der Waals surface area contributed by atoms with Crippen molar-refractivity contribution < 1.29 is 4.79 Å². The van der Waals surface area contributed by atoms with Gasteiger partial charge in [0, 0.05) is 11.4 Å². The Bertz CT molecular complexity index is 583. The Morgan fingerprint density at radius 1 is 1.38 bits per heavy atom. The first-order valence-electron chi connectivity index (χ1n) is 7.02. The van der Waals surface area contributed by atoms with Gasteiger partial charge in [0.2, 0.25) is 5.91 Å². The normalized spacial score (nSPS) is 16.9. The average molecular weight is 304 g/mol. The number of carbonyl (C=O) groups excluding carboxylic acids is 1. The van der Waals surface area contributed by atoms with E-state index in [2.05, 4.69) is 21.4 Å². The predicted octanol–water partition coefficient (Wildman–Crippen LogP) is 2.30. The largest absolute Gasteiger partial charge is 0.337 e. The molecule has 1 aliphatic carbocycles. The van der Waals surface area contributed by atoms with Crippen LogP contribution in [0.1, 0.15) is 36.7 Å². The van der Waals surface area contributed by atoms with Crippen LogP contribution < -0.4 is 5.32 Å². The summed E-state index contributed by atoms with van der Waals surface area (Å²) in [4.78, 5) is 20.8. The van der Waals surface area contributed by atoms with Crippen molar-refractivity contribution in [2.75, 3.05) is 5.75 Å². The van der Waals surface area contributed by atoms with E-state index in [0.717, 1.165) is 29.8 Å². The van der Waals surface area contributed by atoms with Crippen LogP contribution in [0.3, 0.4) is 0 Å². The lowest BCUT2D eigenvalue weighted by atomic mass is 9.98. The van der Waals surface area contributed by atoms with Gasteiger partial charge in [-0.05, 0) is 52.0 Å². The molecule has 1 saturated carbocycles. The molecule has 1 aromatic heterocycles. The molecule has 5 nitrogen and oxygen atoms in total. The van der Waals surface area contributed by atoms with Gasteiger partial charge in [-0.3, -0.25) is 4.79 Å². The summed E-state index contributed by atoms with van der Waals surface area (Å²) in [6.07, 6.45) is 2.02. The van der Waals surface area contributed by atoms with Gasteiger partial charge in [-0.15, -0.1) is 0 Å². The van der Waals surface area contributed by atoms with Crippen molar-refractivity contribution in [3.63, 3.8) is 0 Å². The highest BCUT2D eigenvalue weighted by atomic mass is 32.2. The average Bonchev–Trinajstić information content (AvgIpc) is 3.27. The number of hydrogen-bond acceptors (Lipinski definition) is 5. The van der Waals surface area contributed by atoms with Gasteiger partial charge in [-0.1, -0.05) is 11.8 Å². The number of thioether (sulfide) groups is 1. The van der Waals surface area contributed by atoms with Crippen molar-refractivity contribution >= 4 is 17.7 Å². The minimum atomic E-state index is -0.738. The van der Waals surface area contributed by atoms with Crippen LogP contribution in [0.15, 0.2) is 5.16 Å². The quantitative estimate of drug-likeness (QED) is 0.667. The highest BCUT2D eigenvalue weighted by Gasteiger charge is 2.42. The molecular formula is C15H20N4OS. The van der Waals surface area contributed by atoms with E-state index in [4.69, 9.17) is 0 Å². The summed E-state index contributed by atoms with van der Waals surface area (Å²) < 4.78 is 0. The smallest absolute Gasteiger partial charge is 0.231 e. The van der Waals surface area contributed by atoms with Crippen molar-refractivity contribution in [1.82, 2.24) is 15.3 Å². The third kappa shape index (κ3) is 3.73. The third-order valence-electron chi connectivity index (χ3n) is 3.97. The van der Waals surface area contributed by atoms with Crippen molar-refractivity contribution in [3.8, 4) is 6.07 Å². The molecule has 1 aliphatic rings. The molecule has 1 heterocycles. The van der Waals surface area contributed by atoms with Gasteiger partial charge in [0.1, 0.15) is 5.54 Å². The zero-order valence-corrected chi connectivity index (χ0v) is 13.7. The molecule has 0 saturated heterocycles. The zero-order valence-electron chi connectivity index (χ0n) is 12.9. The molecule has 1 amide bonds. The Morgan fingerprint density at radius 2 is 1.95 bits per heavy atom. The van der Waals surface area contributed by atoms with Gasteiger partial charge < -0.3 is 5.32 Å². The Labute approximate surface area is 129 Å². The number of carbonyl (C=O) groups is 1. The fourth-order valence-corrected chi connectivity index (χ4v) is 2.88. The molecule has 2 rings (SSSR count). The summed E-state index contributed by atoms with van der Waals surface area (Å²) in [5.74, 6) is 0.373. The molecule has 21 heavy (non-hydrogen) atoms. The lowest BCUT2D eigenvalue weighted by molar-refractivity contribution is -0.119. The van der Waals surface area contributed by atoms with Crippen LogP contribution >= 0.6 is 11.8 Å². The van der Waals surface area contributed by atoms with Gasteiger partial charge in [-0.2, -0.15) is 5.26 Å². The van der Waals surface area contributed by atoms with Gasteiger partial charge >= 0.3 is 0 Å². The maximum atomic E-state index is 12.0. The lowest BCUT2D eigenvalue weighted by Crippen LogP contribution is -2.47. The second-order valence-electron chi connectivity index (χ2n) is 5.73. The molecule has 6 heteroatoms. The van der Waals surface area contributed by atoms with Crippen molar-refractivity contribution in [3.05, 3.63) is 17.0 Å². The topological polar surface area (TPSA) is 78.7 Å². The number of hydrogen-bond donors (Lipinski definition) is 1. The second kappa shape index (κ2) is 6.02. The molecule has 1 fully saturated rings. The minimum absolute atomic E-state index is 0.143. The van der Waals surface area contributed by atoms with E-state index in [0.29, 0.717) is 5.16 Å². The van der Waals surface area contributed by atoms with Crippen LogP contribution in [0.4, 0.5) is 0 Å². The van der Waals surface area contributed by atoms with Gasteiger partial charge in [0.05, 0.1) is 11.8 Å². The first kappa shape index (κ1) is 15.8. The molecule has 0 radical (unpaired) electrons. The van der Waals surface area contributed by atoms with E-state index in [9.17, 15) is 10.1 Å². The Kier molecular flexibility index (Phi) is 4.52. The maximum absolute atomic E-state index is 12.0. The van der Waals surface area contributed by atoms with Crippen LogP contribution in [-0.2, 0) is 4.79 Å². The number of rotatable bonds is 5. The summed E-state index contributed by atoms with van der Waals surface area (Å²) in [5, 5.41) is 12.7. The molecular weight excluding hydrogens is 284 g/mol. The summed E-state index contributed by atoms with van der Waals surface area (Å²) in [6.45, 7) is 7.66. The van der Waals surface area contributed by atoms with E-state index in [1.54, 1.807) is 6.92 Å². The van der Waals surface area contributed by atoms with Gasteiger partial charge in [0.15, 0.2) is 5.16 Å². The number of nitrogens with one attached hydrogen (secondary N) is 1. The molecule has 1 N–H and O–H groups in total. The first-order chi connectivity index (χ1) is 9.85. The zero-order chi connectivity index (χ0) is 15.6. The molecule has 0 spiro atoms. The maximum Gasteiger partial charge on any atom is 0.231 e. The number of aromatic nitrogens is 2. The van der Waals surface area contributed by atoms with Crippen LogP contribution in [0.25, 0.3) is 0 Å². The molecule has 1 unspecified atom stereocenters. The molecule has 0 aromatic carbocycles. The van der Waals surface area contributed by atoms with Gasteiger partial charge in [0.25, 0.3) is 0 Å². The van der Waals surface area contributed by atoms with E-state index in [-0.39, 0.29) is 17.6 Å². The number of nitrogens with zero attached hydrogens (tertiary/aromatic N) is 3. The molecule has 1 aromatic rings. The van der Waals surface area contributed by atoms with Crippen LogP contribution in [-0.4, -0.2) is 27.2 Å². The Hall–Kier alpha value is -1.61. The number of aryl methyl sites for hydroxylation is 2. The minimum Gasteiger partial charge on any atom is -0.337 e. The van der Waals surface area contributed by atoms with Crippen molar-refractivity contribution in [2.45, 2.75) is 51.2 Å². The predicted molar refractivity (Wildman–Crippen MR) is 81.9 cm³/mol. The summed E-state index contributed by atoms with van der Waals surface area (Å²) in [7, 11) is 0. The van der Waals surface area contributed by atoms with Crippen LogP contribution in [0.2, 0.25) is 0 Å². The highest BCUT2D eigenvalue weighted by molar-refractivity contribution is 7.99. The molecule has 1 atom stereocenters. The molecule has 0 aliphatic heterocycles. The highest BCUT2D eigenvalue weighted by Crippen LogP contribution is 2.39. The van der Waals surface area contributed by atoms with E-state index >= 15 is 0 Å². The number of nitriles is 1. The first-order valence-corrected chi connectivity index (χ1v) is 8.01. The van der Waals surface area contributed by atoms with E-state index in [1.165, 1.54) is 11.8 Å². The second-order valence-corrected chi connectivity index (χ2v) is 6.67. The lowest BCUT2D eigenvalue weighted by Gasteiger charge is -2.22. The monoisotopic (exact) mass is 304 g/mol. The summed E-state index contributed by atoms with van der Waals surface area (Å²) >= 11 is 1.31.